The molecule has 0 atom stereocenters. The molecular formula is C15H10. The van der Waals surface area contributed by atoms with Crippen LogP contribution in [0.15, 0.2) is 48.5 Å². The largest absolute Gasteiger partial charge is 0.0616 e. The van der Waals surface area contributed by atoms with Gasteiger partial charge in [0.25, 0.3) is 0 Å². The van der Waals surface area contributed by atoms with Gasteiger partial charge in [-0.2, -0.15) is 0 Å². The quantitative estimate of drug-likeness (QED) is 0.369. The average Bonchev–Trinajstić information content (AvgIpc) is 3.00. The lowest BCUT2D eigenvalue weighted by atomic mass is 10.0. The van der Waals surface area contributed by atoms with Gasteiger partial charge in [-0.1, -0.05) is 36.4 Å². The topological polar surface area (TPSA) is 0 Å². The molecule has 0 spiro atoms. The van der Waals surface area contributed by atoms with Crippen LogP contribution in [0, 0.1) is 0 Å². The van der Waals surface area contributed by atoms with E-state index < -0.39 is 0 Å². The number of fused-ring (bicyclic) bond motifs is 3. The zero-order chi connectivity index (χ0) is 9.83. The molecule has 15 heavy (non-hydrogen) atoms. The maximum absolute atomic E-state index is 2.33. The Hall–Kier alpha value is -1.82. The third kappa shape index (κ3) is 1.02. The Morgan fingerprint density at radius 1 is 0.600 bits per heavy atom. The van der Waals surface area contributed by atoms with E-state index >= 15 is 0 Å². The van der Waals surface area contributed by atoms with Gasteiger partial charge in [-0.05, 0) is 51.2 Å². The predicted molar refractivity (Wildman–Crippen MR) is 64.3 cm³/mol. The molecule has 1 aliphatic rings. The number of hydrogen-bond acceptors (Lipinski definition) is 0. The van der Waals surface area contributed by atoms with E-state index in [4.69, 9.17) is 0 Å². The van der Waals surface area contributed by atoms with E-state index in [9.17, 15) is 0 Å². The Morgan fingerprint density at radius 3 is 1.67 bits per heavy atom. The van der Waals surface area contributed by atoms with Crippen LogP contribution >= 0.6 is 0 Å². The van der Waals surface area contributed by atoms with Crippen molar-refractivity contribution < 1.29 is 0 Å². The van der Waals surface area contributed by atoms with Gasteiger partial charge in [-0.15, -0.1) is 0 Å². The van der Waals surface area contributed by atoms with Crippen LogP contribution in [0.5, 0.6) is 0 Å². The highest BCUT2D eigenvalue weighted by molar-refractivity contribution is 5.99. The van der Waals surface area contributed by atoms with Gasteiger partial charge >= 0.3 is 0 Å². The van der Waals surface area contributed by atoms with E-state index in [-0.39, 0.29) is 0 Å². The standard InChI is InChI=1S/C15H10/c1-2-4-11-6-13-8-15-9-14(15)7-12(13)5-10(11)3-1/h1-8H,9H2. The first kappa shape index (κ1) is 7.47. The summed E-state index contributed by atoms with van der Waals surface area (Å²) in [5.41, 5.74) is 3.05. The summed E-state index contributed by atoms with van der Waals surface area (Å²) < 4.78 is 0. The number of benzene rings is 3. The van der Waals surface area contributed by atoms with Crippen LogP contribution in [-0.2, 0) is 6.42 Å². The number of hydrogen-bond donors (Lipinski definition) is 0. The highest BCUT2D eigenvalue weighted by atomic mass is 14.2. The molecule has 0 amide bonds. The minimum Gasteiger partial charge on any atom is -0.0616 e. The first-order chi connectivity index (χ1) is 7.40. The van der Waals surface area contributed by atoms with Crippen LogP contribution in [0.25, 0.3) is 21.5 Å². The van der Waals surface area contributed by atoms with Crippen LogP contribution in [0.2, 0.25) is 0 Å². The van der Waals surface area contributed by atoms with Crippen molar-refractivity contribution >= 4 is 21.5 Å². The molecule has 0 radical (unpaired) electrons. The lowest BCUT2D eigenvalue weighted by Crippen LogP contribution is -1.74. The van der Waals surface area contributed by atoms with E-state index in [1.807, 2.05) is 0 Å². The van der Waals surface area contributed by atoms with Crippen molar-refractivity contribution in [2.45, 2.75) is 6.42 Å². The molecule has 0 nitrogen and oxygen atoms in total. The van der Waals surface area contributed by atoms with E-state index in [1.165, 1.54) is 39.1 Å². The lowest BCUT2D eigenvalue weighted by Gasteiger charge is -2.00. The van der Waals surface area contributed by atoms with Crippen LogP contribution in [0.1, 0.15) is 11.1 Å². The van der Waals surface area contributed by atoms with Crippen molar-refractivity contribution in [2.24, 2.45) is 0 Å². The molecule has 1 aliphatic carbocycles. The molecule has 0 heteroatoms. The summed E-state index contributed by atoms with van der Waals surface area (Å²) in [6, 6.07) is 17.8. The summed E-state index contributed by atoms with van der Waals surface area (Å²) in [5.74, 6) is 0. The zero-order valence-electron chi connectivity index (χ0n) is 8.33. The summed E-state index contributed by atoms with van der Waals surface area (Å²) in [5, 5.41) is 5.44. The second-order valence-corrected chi connectivity index (χ2v) is 4.34. The molecule has 0 aliphatic heterocycles. The Bertz CT molecular complexity index is 633. The summed E-state index contributed by atoms with van der Waals surface area (Å²) in [4.78, 5) is 0. The predicted octanol–water partition coefficient (Wildman–Crippen LogP) is 3.90. The van der Waals surface area contributed by atoms with Crippen molar-refractivity contribution in [3.63, 3.8) is 0 Å². The van der Waals surface area contributed by atoms with Crippen molar-refractivity contribution in [2.75, 3.05) is 0 Å². The Balaban J connectivity index is 2.22. The van der Waals surface area contributed by atoms with Crippen LogP contribution in [0.4, 0.5) is 0 Å². The average molecular weight is 190 g/mol. The fourth-order valence-corrected chi connectivity index (χ4v) is 2.35. The fourth-order valence-electron chi connectivity index (χ4n) is 2.35. The summed E-state index contributed by atoms with van der Waals surface area (Å²) in [6.07, 6.45) is 1.20. The molecule has 0 N–H and O–H groups in total. The van der Waals surface area contributed by atoms with Gasteiger partial charge in [0.2, 0.25) is 0 Å². The van der Waals surface area contributed by atoms with Gasteiger partial charge in [-0.3, -0.25) is 0 Å². The fraction of sp³-hybridized carbons (Fsp3) is 0.0667. The second kappa shape index (κ2) is 2.40. The SMILES string of the molecule is c1ccc2cc3cc4c(cc3cc2c1)C4. The Labute approximate surface area is 88.2 Å². The van der Waals surface area contributed by atoms with Gasteiger partial charge < -0.3 is 0 Å². The Kier molecular flexibility index (Phi) is 1.20. The van der Waals surface area contributed by atoms with E-state index in [1.54, 1.807) is 0 Å². The lowest BCUT2D eigenvalue weighted by molar-refractivity contribution is 1.61. The maximum Gasteiger partial charge on any atom is -0.00196 e. The molecular weight excluding hydrogens is 180 g/mol. The van der Waals surface area contributed by atoms with E-state index in [2.05, 4.69) is 48.5 Å². The van der Waals surface area contributed by atoms with E-state index in [0.29, 0.717) is 0 Å². The van der Waals surface area contributed by atoms with Crippen molar-refractivity contribution in [1.29, 1.82) is 0 Å². The highest BCUT2D eigenvalue weighted by Crippen LogP contribution is 2.34. The first-order valence-corrected chi connectivity index (χ1v) is 5.34. The molecule has 0 aromatic heterocycles. The minimum atomic E-state index is 1.20. The molecule has 0 saturated carbocycles. The summed E-state index contributed by atoms with van der Waals surface area (Å²) in [7, 11) is 0. The Morgan fingerprint density at radius 2 is 1.13 bits per heavy atom. The normalized spacial score (nSPS) is 13.1. The third-order valence-electron chi connectivity index (χ3n) is 3.28. The number of rotatable bonds is 0. The molecule has 0 fully saturated rings. The maximum atomic E-state index is 2.33. The third-order valence-corrected chi connectivity index (χ3v) is 3.28. The second-order valence-electron chi connectivity index (χ2n) is 4.34. The highest BCUT2D eigenvalue weighted by Gasteiger charge is 2.16. The van der Waals surface area contributed by atoms with Gasteiger partial charge in [0.15, 0.2) is 0 Å². The smallest absolute Gasteiger partial charge is 0.00196 e. The van der Waals surface area contributed by atoms with Crippen LogP contribution in [-0.4, -0.2) is 0 Å². The van der Waals surface area contributed by atoms with Gasteiger partial charge in [0.1, 0.15) is 0 Å². The van der Waals surface area contributed by atoms with Gasteiger partial charge in [0, 0.05) is 0 Å². The minimum absolute atomic E-state index is 1.20. The van der Waals surface area contributed by atoms with Gasteiger partial charge in [-0.25, -0.2) is 0 Å². The zero-order valence-corrected chi connectivity index (χ0v) is 8.33. The molecule has 0 bridgehead atoms. The molecule has 0 unspecified atom stereocenters. The van der Waals surface area contributed by atoms with Crippen molar-refractivity contribution in [3.8, 4) is 0 Å². The first-order valence-electron chi connectivity index (χ1n) is 5.34. The van der Waals surface area contributed by atoms with Gasteiger partial charge in [0.05, 0.1) is 0 Å². The molecule has 70 valence electrons. The van der Waals surface area contributed by atoms with E-state index in [0.717, 1.165) is 0 Å². The monoisotopic (exact) mass is 190 g/mol. The molecule has 3 aromatic rings. The van der Waals surface area contributed by atoms with Crippen LogP contribution in [0.3, 0.4) is 0 Å². The molecule has 4 rings (SSSR count). The molecule has 0 heterocycles. The van der Waals surface area contributed by atoms with Crippen LogP contribution < -0.4 is 0 Å². The van der Waals surface area contributed by atoms with Crippen molar-refractivity contribution in [3.05, 3.63) is 59.7 Å². The molecule has 3 aromatic carbocycles. The molecule has 0 saturated heterocycles. The van der Waals surface area contributed by atoms with Crippen molar-refractivity contribution in [1.82, 2.24) is 0 Å². The summed E-state index contributed by atoms with van der Waals surface area (Å²) in [6.45, 7) is 0. The summed E-state index contributed by atoms with van der Waals surface area (Å²) >= 11 is 0.